The van der Waals surface area contributed by atoms with Gasteiger partial charge in [0.05, 0.1) is 31.9 Å². The number of nitrogens with zero attached hydrogens (tertiary/aromatic N) is 4. The zero-order valence-electron chi connectivity index (χ0n) is 28.9. The average Bonchev–Trinajstić information content (AvgIpc) is 3.58. The van der Waals surface area contributed by atoms with Crippen LogP contribution in [-0.4, -0.2) is 56.4 Å². The summed E-state index contributed by atoms with van der Waals surface area (Å²) in [5.74, 6) is -2.30. The normalized spacial score (nSPS) is 20.0. The van der Waals surface area contributed by atoms with Crippen LogP contribution >= 0.6 is 55.3 Å². The average molecular weight is 991 g/mol. The van der Waals surface area contributed by atoms with Crippen molar-refractivity contribution in [3.63, 3.8) is 0 Å². The molecule has 55 heavy (non-hydrogen) atoms. The molecule has 31 heteroatoms. The van der Waals surface area contributed by atoms with Crippen molar-refractivity contribution in [3.05, 3.63) is 69.1 Å². The molecule has 0 aliphatic carbocycles. The zero-order valence-corrected chi connectivity index (χ0v) is 42.7. The largest absolute Gasteiger partial charge is 1.00 e. The second kappa shape index (κ2) is 22.0. The Morgan fingerprint density at radius 2 is 1.31 bits per heavy atom. The Morgan fingerprint density at radius 1 is 0.782 bits per heavy atom. The zero-order chi connectivity index (χ0) is 37.5. The van der Waals surface area contributed by atoms with Crippen molar-refractivity contribution >= 4 is 95.6 Å². The summed E-state index contributed by atoms with van der Waals surface area (Å²) in [7, 11) is -18.7. The molecule has 22 nitrogen and oxygen atoms in total. The third-order valence-electron chi connectivity index (χ3n) is 6.70. The number of nitrogens with two attached hydrogens (primary N) is 3. The first-order valence-corrected chi connectivity index (χ1v) is 19.5. The number of phosphoric acid groups is 3. The smallest absolute Gasteiger partial charge is 0.790 e. The standard InChI is InChI=1S/C24H24Br2N7O15P3.4Na/c25-10-1-3-14(27)12(5-10)23(34)45-18-16(7-43-50(39,40)48-51(41,42)47-49(36,37)38)44-22(33-9-32-17-20(29)30-8-31-21(17)33)19(18)46-24(35)13-6-11(26)2-4-15(13)28;;;;/h1-6,8-9,16,18-19,22H,7,27-28H2,(H,39,40)(H,41,42)(H2,29,30,31)(H2,36,37,38);;;;/q;4*+1/p-4/t16-,18-,19-,22-;;;;/m1..../s1. The minimum absolute atomic E-state index is 0. The Balaban J connectivity index is 0.00000378. The van der Waals surface area contributed by atoms with Crippen molar-refractivity contribution in [1.29, 1.82) is 0 Å². The number of halogens is 2. The maximum absolute atomic E-state index is 13.6. The van der Waals surface area contributed by atoms with Crippen LogP contribution in [0.15, 0.2) is 58.0 Å². The molecule has 0 bridgehead atoms. The molecule has 0 radical (unpaired) electrons. The molecule has 1 saturated heterocycles. The van der Waals surface area contributed by atoms with E-state index in [2.05, 4.69) is 60.0 Å². The molecule has 2 unspecified atom stereocenters. The number of hydrogen-bond acceptors (Lipinski definition) is 21. The maximum Gasteiger partial charge on any atom is 1.00 e. The van der Waals surface area contributed by atoms with Gasteiger partial charge in [-0.2, -0.15) is 0 Å². The van der Waals surface area contributed by atoms with E-state index in [1.54, 1.807) is 0 Å². The fourth-order valence-corrected chi connectivity index (χ4v) is 8.21. The third kappa shape index (κ3) is 14.1. The number of imidazole rings is 1. The van der Waals surface area contributed by atoms with Gasteiger partial charge in [-0.3, -0.25) is 18.0 Å². The molecule has 6 atom stereocenters. The number of ether oxygens (including phenoxy) is 3. The van der Waals surface area contributed by atoms with Crippen molar-refractivity contribution in [2.45, 2.75) is 24.5 Å². The number of rotatable bonds is 12. The molecule has 2 aromatic heterocycles. The molecule has 274 valence electrons. The van der Waals surface area contributed by atoms with Crippen molar-refractivity contribution in [3.8, 4) is 0 Å². The van der Waals surface area contributed by atoms with Gasteiger partial charge in [0.2, 0.25) is 0 Å². The first kappa shape index (κ1) is 53.7. The van der Waals surface area contributed by atoms with Gasteiger partial charge in [0, 0.05) is 20.3 Å². The van der Waals surface area contributed by atoms with Crippen molar-refractivity contribution in [1.82, 2.24) is 19.5 Å². The molecule has 4 aromatic rings. The van der Waals surface area contributed by atoms with Crippen LogP contribution in [0.2, 0.25) is 0 Å². The Morgan fingerprint density at radius 3 is 1.84 bits per heavy atom. The predicted molar refractivity (Wildman–Crippen MR) is 170 cm³/mol. The van der Waals surface area contributed by atoms with Crippen LogP contribution in [0.3, 0.4) is 0 Å². The van der Waals surface area contributed by atoms with E-state index in [9.17, 15) is 42.9 Å². The van der Waals surface area contributed by atoms with Gasteiger partial charge in [-0.1, -0.05) is 31.9 Å². The van der Waals surface area contributed by atoms with Gasteiger partial charge in [0.1, 0.15) is 17.9 Å². The number of hydrogen-bond donors (Lipinski definition) is 3. The van der Waals surface area contributed by atoms with Crippen LogP contribution < -0.4 is 155 Å². The van der Waals surface area contributed by atoms with Crippen molar-refractivity contribution in [2.24, 2.45) is 0 Å². The minimum atomic E-state index is -6.35. The number of nitrogen functional groups attached to an aromatic ring is 3. The SMILES string of the molecule is Nc1ccc(Br)cc1C(=O)O[C@@H]1[C@H](OC(=O)c2cc(Br)ccc2N)[C@@H](COP(=O)([O-])OP(=O)([O-])OP(=O)([O-])[O-])O[C@H]1n1cnc2c(N)ncnc21.[Na+].[Na+].[Na+].[Na+]. The van der Waals surface area contributed by atoms with Crippen molar-refractivity contribution in [2.75, 3.05) is 23.8 Å². The van der Waals surface area contributed by atoms with Crippen LogP contribution in [0.4, 0.5) is 17.2 Å². The summed E-state index contributed by atoms with van der Waals surface area (Å²) in [5.41, 5.74) is 17.5. The predicted octanol–water partition coefficient (Wildman–Crippen LogP) is -11.7. The fraction of sp³-hybridized carbons (Fsp3) is 0.208. The van der Waals surface area contributed by atoms with Gasteiger partial charge in [0.25, 0.3) is 15.6 Å². The third-order valence-corrected chi connectivity index (χ3v) is 11.4. The summed E-state index contributed by atoms with van der Waals surface area (Å²) < 4.78 is 65.9. The van der Waals surface area contributed by atoms with Crippen LogP contribution in [-0.2, 0) is 41.1 Å². The van der Waals surface area contributed by atoms with Gasteiger partial charge in [-0.15, -0.1) is 0 Å². The van der Waals surface area contributed by atoms with Gasteiger partial charge in [-0.05, 0) is 36.4 Å². The minimum Gasteiger partial charge on any atom is -0.790 e. The van der Waals surface area contributed by atoms with Crippen LogP contribution in [0.1, 0.15) is 26.9 Å². The number of carbonyl (C=O) groups is 2. The second-order valence-electron chi connectivity index (χ2n) is 10.2. The van der Waals surface area contributed by atoms with E-state index in [0.29, 0.717) is 8.95 Å². The number of benzene rings is 2. The first-order valence-electron chi connectivity index (χ1n) is 13.6. The molecule has 1 aliphatic rings. The summed E-state index contributed by atoms with van der Waals surface area (Å²) in [4.78, 5) is 84.9. The molecule has 5 rings (SSSR count). The number of anilines is 3. The second-order valence-corrected chi connectivity index (χ2v) is 16.2. The van der Waals surface area contributed by atoms with E-state index < -0.39 is 66.6 Å². The first-order chi connectivity index (χ1) is 23.7. The van der Waals surface area contributed by atoms with Gasteiger partial charge in [0.15, 0.2) is 29.9 Å². The summed E-state index contributed by atoms with van der Waals surface area (Å²) in [5, 5.41) is 0. The number of carbonyl (C=O) groups excluding carboxylic acids is 2. The molecule has 1 fully saturated rings. The Bertz CT molecular complexity index is 2170. The van der Waals surface area contributed by atoms with Gasteiger partial charge < -0.3 is 60.1 Å². The fourth-order valence-electron chi connectivity index (χ4n) is 4.62. The van der Waals surface area contributed by atoms with Crippen LogP contribution in [0.5, 0.6) is 0 Å². The van der Waals surface area contributed by atoms with E-state index in [0.717, 1.165) is 12.7 Å². The Labute approximate surface area is 415 Å². The van der Waals surface area contributed by atoms with Crippen LogP contribution in [0, 0.1) is 0 Å². The van der Waals surface area contributed by atoms with E-state index in [-0.39, 0.29) is 158 Å². The van der Waals surface area contributed by atoms with E-state index in [1.165, 1.54) is 41.0 Å². The van der Waals surface area contributed by atoms with Gasteiger partial charge in [-0.25, -0.2) is 28.9 Å². The molecule has 0 spiro atoms. The summed E-state index contributed by atoms with van der Waals surface area (Å²) in [6.45, 7) is -1.26. The number of aromatic nitrogens is 4. The number of fused-ring (bicyclic) bond motifs is 1. The van der Waals surface area contributed by atoms with Crippen LogP contribution in [0.25, 0.3) is 11.2 Å². The molecule has 6 N–H and O–H groups in total. The summed E-state index contributed by atoms with van der Waals surface area (Å²) in [6, 6.07) is 8.42. The quantitative estimate of drug-likeness (QED) is 0.0513. The number of esters is 2. The molecule has 1 aliphatic heterocycles. The Kier molecular flexibility index (Phi) is 21.4. The van der Waals surface area contributed by atoms with Gasteiger partial charge >= 0.3 is 130 Å². The van der Waals surface area contributed by atoms with E-state index in [1.807, 2.05) is 0 Å². The monoisotopic (exact) mass is 989 g/mol. The maximum atomic E-state index is 13.6. The van der Waals surface area contributed by atoms with Crippen molar-refractivity contribution < 1.29 is 188 Å². The Hall–Kier alpha value is 0.660. The van der Waals surface area contributed by atoms with E-state index >= 15 is 0 Å². The number of phosphoric ester groups is 1. The molecule has 0 amide bonds. The molecule has 3 heterocycles. The molecular weight excluding hydrogens is 971 g/mol. The molecule has 2 aromatic carbocycles. The summed E-state index contributed by atoms with van der Waals surface area (Å²) in [6.07, 6.45) is -4.72. The van der Waals surface area contributed by atoms with E-state index in [4.69, 9.17) is 31.4 Å². The summed E-state index contributed by atoms with van der Waals surface area (Å²) >= 11 is 6.43. The molecule has 0 saturated carbocycles. The molecular formula is C24H20Br2N7Na4O15P3. The topological polar surface area (TPSA) is 355 Å².